The SMILES string of the molecule is COCCNc1c(C)cccc1NC12CC3CC(CC(C3)C1)C2. The lowest BCUT2D eigenvalue weighted by Crippen LogP contribution is -2.54. The maximum Gasteiger partial charge on any atom is 0.0635 e. The van der Waals surface area contributed by atoms with Gasteiger partial charge in [-0.3, -0.25) is 0 Å². The monoisotopic (exact) mass is 314 g/mol. The summed E-state index contributed by atoms with van der Waals surface area (Å²) in [7, 11) is 1.76. The second-order valence-corrected chi connectivity index (χ2v) is 8.24. The van der Waals surface area contributed by atoms with Crippen molar-refractivity contribution in [1.29, 1.82) is 0 Å². The Hall–Kier alpha value is -1.22. The van der Waals surface area contributed by atoms with Gasteiger partial charge in [-0.05, 0) is 74.8 Å². The Kier molecular flexibility index (Phi) is 4.00. The summed E-state index contributed by atoms with van der Waals surface area (Å²) < 4.78 is 5.19. The lowest BCUT2D eigenvalue weighted by molar-refractivity contribution is 0.0107. The van der Waals surface area contributed by atoms with E-state index in [0.717, 1.165) is 30.9 Å². The van der Waals surface area contributed by atoms with Crippen molar-refractivity contribution >= 4 is 11.4 Å². The molecule has 1 aromatic carbocycles. The first-order valence-corrected chi connectivity index (χ1v) is 9.28. The van der Waals surface area contributed by atoms with Gasteiger partial charge in [0.1, 0.15) is 0 Å². The zero-order valence-electron chi connectivity index (χ0n) is 14.5. The van der Waals surface area contributed by atoms with E-state index in [1.807, 2.05) is 0 Å². The first-order chi connectivity index (χ1) is 11.2. The topological polar surface area (TPSA) is 33.3 Å². The molecule has 1 aromatic rings. The molecular weight excluding hydrogens is 284 g/mol. The largest absolute Gasteiger partial charge is 0.383 e. The molecule has 4 saturated carbocycles. The van der Waals surface area contributed by atoms with E-state index in [2.05, 4.69) is 35.8 Å². The summed E-state index contributed by atoms with van der Waals surface area (Å²) in [5, 5.41) is 7.60. The quantitative estimate of drug-likeness (QED) is 0.762. The van der Waals surface area contributed by atoms with Gasteiger partial charge >= 0.3 is 0 Å². The highest BCUT2D eigenvalue weighted by molar-refractivity contribution is 5.73. The number of anilines is 2. The normalized spacial score (nSPS) is 34.6. The summed E-state index contributed by atoms with van der Waals surface area (Å²) in [5.41, 5.74) is 4.24. The maximum atomic E-state index is 5.19. The lowest BCUT2D eigenvalue weighted by atomic mass is 9.53. The second kappa shape index (κ2) is 6.01. The van der Waals surface area contributed by atoms with Gasteiger partial charge in [0.05, 0.1) is 18.0 Å². The molecule has 23 heavy (non-hydrogen) atoms. The predicted octanol–water partition coefficient (Wildman–Crippen LogP) is 4.43. The number of hydrogen-bond acceptors (Lipinski definition) is 3. The first kappa shape index (κ1) is 15.3. The zero-order chi connectivity index (χ0) is 15.9. The summed E-state index contributed by atoms with van der Waals surface area (Å²) >= 11 is 0. The third-order valence-electron chi connectivity index (χ3n) is 6.32. The van der Waals surface area contributed by atoms with E-state index < -0.39 is 0 Å². The number of methoxy groups -OCH3 is 1. The van der Waals surface area contributed by atoms with Crippen LogP contribution in [0.2, 0.25) is 0 Å². The highest BCUT2D eigenvalue weighted by Gasteiger charge is 2.51. The third-order valence-corrected chi connectivity index (χ3v) is 6.32. The number of aryl methyl sites for hydroxylation is 1. The molecule has 5 rings (SSSR count). The molecule has 3 heteroatoms. The van der Waals surface area contributed by atoms with Crippen molar-refractivity contribution in [3.8, 4) is 0 Å². The van der Waals surface area contributed by atoms with Crippen molar-refractivity contribution in [2.24, 2.45) is 17.8 Å². The Morgan fingerprint density at radius 3 is 2.35 bits per heavy atom. The zero-order valence-corrected chi connectivity index (χ0v) is 14.5. The van der Waals surface area contributed by atoms with E-state index in [9.17, 15) is 0 Å². The van der Waals surface area contributed by atoms with E-state index in [4.69, 9.17) is 4.74 Å². The van der Waals surface area contributed by atoms with Gasteiger partial charge < -0.3 is 15.4 Å². The molecule has 0 amide bonds. The number of nitrogens with one attached hydrogen (secondary N) is 2. The molecule has 0 aliphatic heterocycles. The molecule has 4 aliphatic rings. The fourth-order valence-electron chi connectivity index (χ4n) is 5.83. The van der Waals surface area contributed by atoms with Gasteiger partial charge in [0, 0.05) is 19.2 Å². The van der Waals surface area contributed by atoms with E-state index >= 15 is 0 Å². The summed E-state index contributed by atoms with van der Waals surface area (Å²) in [4.78, 5) is 0. The Bertz CT molecular complexity index is 533. The molecule has 0 heterocycles. The molecule has 0 saturated heterocycles. The van der Waals surface area contributed by atoms with Gasteiger partial charge in [-0.2, -0.15) is 0 Å². The van der Waals surface area contributed by atoms with Crippen molar-refractivity contribution in [3.05, 3.63) is 23.8 Å². The van der Waals surface area contributed by atoms with Crippen LogP contribution < -0.4 is 10.6 Å². The van der Waals surface area contributed by atoms with Crippen LogP contribution in [0.1, 0.15) is 44.1 Å². The fraction of sp³-hybridized carbons (Fsp3) is 0.700. The van der Waals surface area contributed by atoms with Gasteiger partial charge in [-0.1, -0.05) is 12.1 Å². The van der Waals surface area contributed by atoms with Gasteiger partial charge in [0.2, 0.25) is 0 Å². The number of rotatable bonds is 6. The number of ether oxygens (including phenoxy) is 1. The van der Waals surface area contributed by atoms with Crippen LogP contribution in [0, 0.1) is 24.7 Å². The molecule has 0 spiro atoms. The first-order valence-electron chi connectivity index (χ1n) is 9.28. The van der Waals surface area contributed by atoms with Crippen molar-refractivity contribution in [3.63, 3.8) is 0 Å². The van der Waals surface area contributed by atoms with Crippen LogP contribution >= 0.6 is 0 Å². The van der Waals surface area contributed by atoms with Crippen LogP contribution in [0.25, 0.3) is 0 Å². The Morgan fingerprint density at radius 1 is 1.09 bits per heavy atom. The lowest BCUT2D eigenvalue weighted by Gasteiger charge is -2.57. The fourth-order valence-corrected chi connectivity index (χ4v) is 5.83. The minimum absolute atomic E-state index is 0.361. The molecule has 4 bridgehead atoms. The van der Waals surface area contributed by atoms with Gasteiger partial charge in [0.15, 0.2) is 0 Å². The van der Waals surface area contributed by atoms with Gasteiger partial charge in [-0.15, -0.1) is 0 Å². The molecular formula is C20H30N2O. The number of para-hydroxylation sites is 1. The molecule has 126 valence electrons. The molecule has 3 nitrogen and oxygen atoms in total. The van der Waals surface area contributed by atoms with Crippen molar-refractivity contribution < 1.29 is 4.74 Å². The highest BCUT2D eigenvalue weighted by atomic mass is 16.5. The highest BCUT2D eigenvalue weighted by Crippen LogP contribution is 2.56. The molecule has 0 atom stereocenters. The molecule has 0 aromatic heterocycles. The van der Waals surface area contributed by atoms with Crippen LogP contribution in [0.15, 0.2) is 18.2 Å². The molecule has 4 aliphatic carbocycles. The van der Waals surface area contributed by atoms with Crippen LogP contribution in [0.5, 0.6) is 0 Å². The van der Waals surface area contributed by atoms with Crippen LogP contribution in [0.4, 0.5) is 11.4 Å². The minimum atomic E-state index is 0.361. The second-order valence-electron chi connectivity index (χ2n) is 8.24. The van der Waals surface area contributed by atoms with E-state index in [1.54, 1.807) is 7.11 Å². The van der Waals surface area contributed by atoms with Crippen LogP contribution in [0.3, 0.4) is 0 Å². The predicted molar refractivity (Wildman–Crippen MR) is 96.1 cm³/mol. The van der Waals surface area contributed by atoms with Crippen LogP contribution in [-0.4, -0.2) is 25.8 Å². The van der Waals surface area contributed by atoms with E-state index in [-0.39, 0.29) is 0 Å². The van der Waals surface area contributed by atoms with E-state index in [1.165, 1.54) is 55.5 Å². The average molecular weight is 314 g/mol. The van der Waals surface area contributed by atoms with Crippen LogP contribution in [-0.2, 0) is 4.74 Å². The Labute approximate surface area is 140 Å². The molecule has 2 N–H and O–H groups in total. The standard InChI is InChI=1S/C20H30N2O/c1-14-4-3-5-18(19(14)21-6-7-23-2)22-20-11-15-8-16(12-20)10-17(9-15)13-20/h3-5,15-17,21-22H,6-13H2,1-2H3. The summed E-state index contributed by atoms with van der Waals surface area (Å²) in [6, 6.07) is 6.63. The van der Waals surface area contributed by atoms with E-state index in [0.29, 0.717) is 5.54 Å². The molecule has 0 radical (unpaired) electrons. The maximum absolute atomic E-state index is 5.19. The van der Waals surface area contributed by atoms with Crippen molar-refractivity contribution in [1.82, 2.24) is 0 Å². The van der Waals surface area contributed by atoms with Crippen molar-refractivity contribution in [2.75, 3.05) is 30.9 Å². The van der Waals surface area contributed by atoms with Gasteiger partial charge in [0.25, 0.3) is 0 Å². The number of hydrogen-bond donors (Lipinski definition) is 2. The Morgan fingerprint density at radius 2 is 1.74 bits per heavy atom. The Balaban J connectivity index is 1.55. The summed E-state index contributed by atoms with van der Waals surface area (Å²) in [6.07, 6.45) is 8.62. The van der Waals surface area contributed by atoms with Gasteiger partial charge in [-0.25, -0.2) is 0 Å². The van der Waals surface area contributed by atoms with Crippen molar-refractivity contribution in [2.45, 2.75) is 51.0 Å². The average Bonchev–Trinajstić information content (AvgIpc) is 2.48. The minimum Gasteiger partial charge on any atom is -0.383 e. The summed E-state index contributed by atoms with van der Waals surface area (Å²) in [6.45, 7) is 3.79. The number of benzene rings is 1. The summed E-state index contributed by atoms with van der Waals surface area (Å²) in [5.74, 6) is 2.93. The smallest absolute Gasteiger partial charge is 0.0635 e. The molecule has 0 unspecified atom stereocenters. The third kappa shape index (κ3) is 2.96. The molecule has 4 fully saturated rings.